The van der Waals surface area contributed by atoms with Crippen LogP contribution in [0.4, 0.5) is 0 Å². The van der Waals surface area contributed by atoms with Crippen LogP contribution in [-0.2, 0) is 0 Å². The third-order valence-electron chi connectivity index (χ3n) is 11.1. The van der Waals surface area contributed by atoms with Crippen LogP contribution >= 0.6 is 22.7 Å². The first kappa shape index (κ1) is 32.3. The first-order valence-electron chi connectivity index (χ1n) is 19.0. The highest BCUT2D eigenvalue weighted by molar-refractivity contribution is 7.26. The van der Waals surface area contributed by atoms with Crippen molar-refractivity contribution in [1.82, 2.24) is 19.5 Å². The van der Waals surface area contributed by atoms with E-state index in [2.05, 4.69) is 150 Å². The molecule has 0 bridgehead atoms. The Labute approximate surface area is 335 Å². The van der Waals surface area contributed by atoms with Crippen molar-refractivity contribution >= 4 is 84.8 Å². The van der Waals surface area contributed by atoms with E-state index in [1.165, 1.54) is 79.0 Å². The summed E-state index contributed by atoms with van der Waals surface area (Å²) in [5.41, 5.74) is 9.03. The van der Waals surface area contributed by atoms with Crippen molar-refractivity contribution in [2.24, 2.45) is 0 Å². The Morgan fingerprint density at radius 2 is 0.912 bits per heavy atom. The van der Waals surface area contributed by atoms with Crippen molar-refractivity contribution in [2.75, 3.05) is 0 Å². The topological polar surface area (TPSA) is 43.6 Å². The van der Waals surface area contributed by atoms with Crippen LogP contribution in [0.3, 0.4) is 0 Å². The molecule has 6 heteroatoms. The first-order valence-corrected chi connectivity index (χ1v) is 20.7. The molecule has 0 atom stereocenters. The molecule has 4 aromatic heterocycles. The average molecular weight is 763 g/mol. The van der Waals surface area contributed by atoms with Gasteiger partial charge in [0.05, 0.1) is 21.4 Å². The minimum atomic E-state index is 0.661. The molecule has 8 aromatic carbocycles. The van der Waals surface area contributed by atoms with Gasteiger partial charge in [-0.15, -0.1) is 22.7 Å². The van der Waals surface area contributed by atoms with Crippen molar-refractivity contribution in [3.63, 3.8) is 0 Å². The highest BCUT2D eigenvalue weighted by Crippen LogP contribution is 2.46. The molecule has 0 aliphatic carbocycles. The molecular formula is C51H30N4S2. The number of benzene rings is 8. The molecule has 0 amide bonds. The van der Waals surface area contributed by atoms with Gasteiger partial charge in [0.2, 0.25) is 0 Å². The highest BCUT2D eigenvalue weighted by atomic mass is 32.1. The number of nitrogens with zero attached hydrogens (tertiary/aromatic N) is 4. The summed E-state index contributed by atoms with van der Waals surface area (Å²) < 4.78 is 7.48. The molecule has 12 rings (SSSR count). The van der Waals surface area contributed by atoms with Crippen LogP contribution in [0.2, 0.25) is 0 Å². The molecule has 57 heavy (non-hydrogen) atoms. The van der Waals surface area contributed by atoms with Gasteiger partial charge in [0, 0.05) is 63.1 Å². The van der Waals surface area contributed by atoms with E-state index in [0.717, 1.165) is 16.7 Å². The minimum Gasteiger partial charge on any atom is -0.308 e. The zero-order valence-electron chi connectivity index (χ0n) is 30.4. The van der Waals surface area contributed by atoms with Gasteiger partial charge in [-0.1, -0.05) is 146 Å². The molecule has 12 aromatic rings. The Bertz CT molecular complexity index is 3410. The third kappa shape index (κ3) is 5.08. The number of hydrogen-bond acceptors (Lipinski definition) is 5. The summed E-state index contributed by atoms with van der Waals surface area (Å²) in [5, 5.41) is 7.48. The number of hydrogen-bond donors (Lipinski definition) is 0. The Balaban J connectivity index is 1.03. The lowest BCUT2D eigenvalue weighted by Gasteiger charge is -2.10. The molecule has 4 heterocycles. The van der Waals surface area contributed by atoms with Crippen LogP contribution in [0.25, 0.3) is 113 Å². The monoisotopic (exact) mass is 762 g/mol. The summed E-state index contributed by atoms with van der Waals surface area (Å²) in [6.45, 7) is 0. The number of aromatic nitrogens is 4. The standard InChI is InChI=1S/C51H30N4S2/c1-3-14-31(15-4-1)49-52-50(32-16-5-2-6-17-32)54-51(53-49)39-23-13-27-45-46(39)38-22-11-20-34(47(38)57-45)33-28-29-44-40(30-33)37-21-12-26-43(48(37)56-44)55-41-24-9-7-18-35(41)36-19-8-10-25-42(36)55/h1-30H. The summed E-state index contributed by atoms with van der Waals surface area (Å²) in [5.74, 6) is 1.99. The number of para-hydroxylation sites is 2. The van der Waals surface area contributed by atoms with Crippen molar-refractivity contribution in [3.05, 3.63) is 182 Å². The van der Waals surface area contributed by atoms with Crippen LogP contribution < -0.4 is 0 Å². The first-order chi connectivity index (χ1) is 28.3. The molecule has 0 aliphatic heterocycles. The molecule has 0 N–H and O–H groups in total. The largest absolute Gasteiger partial charge is 0.308 e. The Morgan fingerprint density at radius 3 is 1.63 bits per heavy atom. The van der Waals surface area contributed by atoms with Crippen molar-refractivity contribution in [3.8, 4) is 51.0 Å². The smallest absolute Gasteiger partial charge is 0.164 e. The Hall–Kier alpha value is -6.99. The summed E-state index contributed by atoms with van der Waals surface area (Å²) in [7, 11) is 0. The van der Waals surface area contributed by atoms with E-state index in [-0.39, 0.29) is 0 Å². The number of rotatable bonds is 5. The fourth-order valence-corrected chi connectivity index (χ4v) is 11.0. The Morgan fingerprint density at radius 1 is 0.351 bits per heavy atom. The molecule has 0 fully saturated rings. The van der Waals surface area contributed by atoms with Gasteiger partial charge >= 0.3 is 0 Å². The van der Waals surface area contributed by atoms with E-state index < -0.39 is 0 Å². The summed E-state index contributed by atoms with van der Waals surface area (Å²) >= 11 is 3.71. The molecule has 0 saturated carbocycles. The molecule has 0 saturated heterocycles. The molecule has 266 valence electrons. The zero-order chi connectivity index (χ0) is 37.5. The van der Waals surface area contributed by atoms with Crippen molar-refractivity contribution in [1.29, 1.82) is 0 Å². The van der Waals surface area contributed by atoms with Gasteiger partial charge in [-0.3, -0.25) is 0 Å². The quantitative estimate of drug-likeness (QED) is 0.175. The van der Waals surface area contributed by atoms with E-state index >= 15 is 0 Å². The fourth-order valence-electron chi connectivity index (χ4n) is 8.50. The summed E-state index contributed by atoms with van der Waals surface area (Å²) in [6, 6.07) is 64.8. The van der Waals surface area contributed by atoms with Crippen LogP contribution in [0.1, 0.15) is 0 Å². The minimum absolute atomic E-state index is 0.661. The molecule has 0 spiro atoms. The lowest BCUT2D eigenvalue weighted by atomic mass is 9.99. The summed E-state index contributed by atoms with van der Waals surface area (Å²) in [6.07, 6.45) is 0. The predicted octanol–water partition coefficient (Wildman–Crippen LogP) is 14.4. The molecule has 0 radical (unpaired) electrons. The van der Waals surface area contributed by atoms with Crippen molar-refractivity contribution < 1.29 is 0 Å². The van der Waals surface area contributed by atoms with Crippen molar-refractivity contribution in [2.45, 2.75) is 0 Å². The SMILES string of the molecule is c1ccc(-c2nc(-c3ccccc3)nc(-c3cccc4sc5c(-c6ccc7sc8c(-n9c%10ccccc%10c%10ccccc%109)cccc8c7c6)cccc5c34)n2)cc1. The lowest BCUT2D eigenvalue weighted by Crippen LogP contribution is -2.00. The van der Waals surface area contributed by atoms with Gasteiger partial charge in [-0.2, -0.15) is 0 Å². The predicted molar refractivity (Wildman–Crippen MR) is 242 cm³/mol. The second kappa shape index (κ2) is 12.8. The lowest BCUT2D eigenvalue weighted by molar-refractivity contribution is 1.08. The maximum Gasteiger partial charge on any atom is 0.164 e. The maximum atomic E-state index is 5.11. The van der Waals surface area contributed by atoms with Crippen LogP contribution in [0.15, 0.2) is 182 Å². The second-order valence-corrected chi connectivity index (χ2v) is 16.4. The molecule has 0 aliphatic rings. The Kier molecular flexibility index (Phi) is 7.24. The van der Waals surface area contributed by atoms with Crippen LogP contribution in [0.5, 0.6) is 0 Å². The molecular weight excluding hydrogens is 733 g/mol. The van der Waals surface area contributed by atoms with Crippen LogP contribution in [0, 0.1) is 0 Å². The number of fused-ring (bicyclic) bond motifs is 9. The maximum absolute atomic E-state index is 5.11. The van der Waals surface area contributed by atoms with E-state index in [1.807, 2.05) is 59.1 Å². The fraction of sp³-hybridized carbons (Fsp3) is 0. The third-order valence-corrected chi connectivity index (χ3v) is 13.5. The summed E-state index contributed by atoms with van der Waals surface area (Å²) in [4.78, 5) is 15.2. The average Bonchev–Trinajstić information content (AvgIpc) is 3.96. The van der Waals surface area contributed by atoms with E-state index in [9.17, 15) is 0 Å². The van der Waals surface area contributed by atoms with E-state index in [1.54, 1.807) is 0 Å². The highest BCUT2D eigenvalue weighted by Gasteiger charge is 2.20. The molecule has 0 unspecified atom stereocenters. The van der Waals surface area contributed by atoms with Gasteiger partial charge in [-0.05, 0) is 47.5 Å². The van der Waals surface area contributed by atoms with Gasteiger partial charge in [0.1, 0.15) is 0 Å². The van der Waals surface area contributed by atoms with E-state index in [0.29, 0.717) is 17.5 Å². The van der Waals surface area contributed by atoms with Gasteiger partial charge in [0.25, 0.3) is 0 Å². The van der Waals surface area contributed by atoms with E-state index in [4.69, 9.17) is 15.0 Å². The number of thiophene rings is 2. The van der Waals surface area contributed by atoms with Crippen LogP contribution in [-0.4, -0.2) is 19.5 Å². The van der Waals surface area contributed by atoms with Gasteiger partial charge < -0.3 is 4.57 Å². The second-order valence-electron chi connectivity index (χ2n) is 14.3. The van der Waals surface area contributed by atoms with Gasteiger partial charge in [-0.25, -0.2) is 15.0 Å². The normalized spacial score (nSPS) is 11.9. The zero-order valence-corrected chi connectivity index (χ0v) is 32.1. The molecule has 4 nitrogen and oxygen atoms in total. The van der Waals surface area contributed by atoms with Gasteiger partial charge in [0.15, 0.2) is 17.5 Å².